The Hall–Kier alpha value is -0.530. The normalized spacial score (nSPS) is 38.6. The number of carbonyl (C=O) groups is 1. The van der Waals surface area contributed by atoms with E-state index in [1.54, 1.807) is 0 Å². The lowest BCUT2D eigenvalue weighted by Gasteiger charge is -2.19. The zero-order valence-corrected chi connectivity index (χ0v) is 7.64. The summed E-state index contributed by atoms with van der Waals surface area (Å²) in [5.41, 5.74) is -0.00569. The molecule has 68 valence electrons. The molecule has 2 saturated carbocycles. The van der Waals surface area contributed by atoms with Crippen molar-refractivity contribution >= 4 is 5.97 Å². The predicted molar refractivity (Wildman–Crippen MR) is 45.6 cm³/mol. The van der Waals surface area contributed by atoms with Gasteiger partial charge in [0, 0.05) is 0 Å². The monoisotopic (exact) mass is 168 g/mol. The van der Waals surface area contributed by atoms with E-state index in [1.807, 2.05) is 6.92 Å². The van der Waals surface area contributed by atoms with Crippen LogP contribution in [-0.2, 0) is 9.53 Å². The third kappa shape index (κ3) is 1.05. The zero-order chi connectivity index (χ0) is 8.60. The summed E-state index contributed by atoms with van der Waals surface area (Å²) in [5.74, 6) is 0.750. The second kappa shape index (κ2) is 2.75. The van der Waals surface area contributed by atoms with Gasteiger partial charge in [0.1, 0.15) is 0 Å². The molecule has 2 heteroatoms. The average Bonchev–Trinajstić information content (AvgIpc) is 2.79. The molecule has 2 nitrogen and oxygen atoms in total. The summed E-state index contributed by atoms with van der Waals surface area (Å²) in [5, 5.41) is 0. The zero-order valence-electron chi connectivity index (χ0n) is 7.64. The van der Waals surface area contributed by atoms with Crippen LogP contribution >= 0.6 is 0 Å². The van der Waals surface area contributed by atoms with E-state index in [1.165, 1.54) is 19.3 Å². The molecular weight excluding hydrogens is 152 g/mol. The van der Waals surface area contributed by atoms with Crippen LogP contribution in [-0.4, -0.2) is 12.6 Å². The molecule has 12 heavy (non-hydrogen) atoms. The van der Waals surface area contributed by atoms with E-state index < -0.39 is 0 Å². The third-order valence-corrected chi connectivity index (χ3v) is 3.34. The highest BCUT2D eigenvalue weighted by Crippen LogP contribution is 2.61. The van der Waals surface area contributed by atoms with Gasteiger partial charge in [-0.1, -0.05) is 12.8 Å². The lowest BCUT2D eigenvalue weighted by Crippen LogP contribution is -2.23. The van der Waals surface area contributed by atoms with Crippen LogP contribution in [0.4, 0.5) is 0 Å². The molecular formula is C10H16O2. The molecule has 0 saturated heterocycles. The Morgan fingerprint density at radius 2 is 2.42 bits per heavy atom. The van der Waals surface area contributed by atoms with E-state index in [4.69, 9.17) is 4.74 Å². The number of carbonyl (C=O) groups excluding carboxylic acids is 1. The highest BCUT2D eigenvalue weighted by Gasteiger charge is 2.61. The number of ether oxygens (including phenoxy) is 1. The van der Waals surface area contributed by atoms with Gasteiger partial charge in [-0.3, -0.25) is 4.79 Å². The lowest BCUT2D eigenvalue weighted by atomic mass is 9.88. The first-order valence-electron chi connectivity index (χ1n) is 4.97. The molecule has 0 heterocycles. The summed E-state index contributed by atoms with van der Waals surface area (Å²) in [6, 6.07) is 0. The van der Waals surface area contributed by atoms with Gasteiger partial charge < -0.3 is 4.74 Å². The summed E-state index contributed by atoms with van der Waals surface area (Å²) < 4.78 is 5.09. The van der Waals surface area contributed by atoms with Gasteiger partial charge in [-0.15, -0.1) is 0 Å². The highest BCUT2D eigenvalue weighted by atomic mass is 16.5. The van der Waals surface area contributed by atoms with Crippen LogP contribution in [0.5, 0.6) is 0 Å². The molecule has 0 aliphatic heterocycles. The standard InChI is InChI=1S/C10H16O2/c1-2-12-9(11)10-6-4-3-5-8(10)7-10/h8H,2-7H2,1H3. The van der Waals surface area contributed by atoms with Gasteiger partial charge in [-0.25, -0.2) is 0 Å². The van der Waals surface area contributed by atoms with Crippen molar-refractivity contribution in [3.05, 3.63) is 0 Å². The van der Waals surface area contributed by atoms with E-state index in [0.29, 0.717) is 12.5 Å². The summed E-state index contributed by atoms with van der Waals surface area (Å²) >= 11 is 0. The first kappa shape index (κ1) is 8.09. The SMILES string of the molecule is CCOC(=O)C12CCCCC1C2. The van der Waals surface area contributed by atoms with Crippen molar-refractivity contribution in [2.45, 2.75) is 39.0 Å². The van der Waals surface area contributed by atoms with Crippen LogP contribution in [0.3, 0.4) is 0 Å². The van der Waals surface area contributed by atoms with Crippen molar-refractivity contribution in [1.29, 1.82) is 0 Å². The van der Waals surface area contributed by atoms with Crippen LogP contribution in [0.15, 0.2) is 0 Å². The lowest BCUT2D eigenvalue weighted by molar-refractivity contribution is -0.151. The number of hydrogen-bond acceptors (Lipinski definition) is 2. The van der Waals surface area contributed by atoms with Crippen LogP contribution in [0.2, 0.25) is 0 Å². The molecule has 2 rings (SSSR count). The van der Waals surface area contributed by atoms with Gasteiger partial charge in [-0.05, 0) is 32.1 Å². The number of fused-ring (bicyclic) bond motifs is 1. The van der Waals surface area contributed by atoms with Crippen molar-refractivity contribution in [3.63, 3.8) is 0 Å². The first-order chi connectivity index (χ1) is 5.79. The van der Waals surface area contributed by atoms with E-state index in [2.05, 4.69) is 0 Å². The maximum Gasteiger partial charge on any atom is 0.312 e. The molecule has 0 radical (unpaired) electrons. The van der Waals surface area contributed by atoms with Gasteiger partial charge in [0.25, 0.3) is 0 Å². The second-order valence-corrected chi connectivity index (χ2v) is 4.02. The van der Waals surface area contributed by atoms with Gasteiger partial charge in [0.15, 0.2) is 0 Å². The number of rotatable bonds is 2. The molecule has 0 aromatic heterocycles. The molecule has 0 aromatic rings. The summed E-state index contributed by atoms with van der Waals surface area (Å²) in [6.45, 7) is 2.42. The Morgan fingerprint density at radius 3 is 3.08 bits per heavy atom. The molecule has 2 aliphatic carbocycles. The van der Waals surface area contributed by atoms with Crippen molar-refractivity contribution in [2.75, 3.05) is 6.61 Å². The van der Waals surface area contributed by atoms with Gasteiger partial charge in [-0.2, -0.15) is 0 Å². The van der Waals surface area contributed by atoms with Crippen LogP contribution in [0, 0.1) is 11.3 Å². The molecule has 0 N–H and O–H groups in total. The Bertz CT molecular complexity index is 200. The molecule has 0 spiro atoms. The van der Waals surface area contributed by atoms with Crippen LogP contribution in [0.25, 0.3) is 0 Å². The molecule has 2 aliphatic rings. The third-order valence-electron chi connectivity index (χ3n) is 3.34. The minimum atomic E-state index is -0.00569. The maximum atomic E-state index is 11.5. The molecule has 0 amide bonds. The van der Waals surface area contributed by atoms with Crippen molar-refractivity contribution in [3.8, 4) is 0 Å². The van der Waals surface area contributed by atoms with E-state index in [9.17, 15) is 4.79 Å². The van der Waals surface area contributed by atoms with E-state index in [0.717, 1.165) is 12.8 Å². The Balaban J connectivity index is 1.98. The first-order valence-corrected chi connectivity index (χ1v) is 4.97. The summed E-state index contributed by atoms with van der Waals surface area (Å²) in [7, 11) is 0. The Labute approximate surface area is 73.3 Å². The van der Waals surface area contributed by atoms with E-state index >= 15 is 0 Å². The molecule has 2 unspecified atom stereocenters. The topological polar surface area (TPSA) is 26.3 Å². The van der Waals surface area contributed by atoms with Crippen molar-refractivity contribution in [2.24, 2.45) is 11.3 Å². The fourth-order valence-corrected chi connectivity index (χ4v) is 2.52. The largest absolute Gasteiger partial charge is 0.466 e. The molecule has 0 aromatic carbocycles. The van der Waals surface area contributed by atoms with Gasteiger partial charge in [0.2, 0.25) is 0 Å². The molecule has 0 bridgehead atoms. The predicted octanol–water partition coefficient (Wildman–Crippen LogP) is 2.13. The quantitative estimate of drug-likeness (QED) is 0.590. The number of esters is 1. The van der Waals surface area contributed by atoms with Gasteiger partial charge >= 0.3 is 5.97 Å². The minimum absolute atomic E-state index is 0.00569. The second-order valence-electron chi connectivity index (χ2n) is 4.02. The fourth-order valence-electron chi connectivity index (χ4n) is 2.52. The van der Waals surface area contributed by atoms with Crippen LogP contribution in [0.1, 0.15) is 39.0 Å². The fraction of sp³-hybridized carbons (Fsp3) is 0.900. The highest BCUT2D eigenvalue weighted by molar-refractivity contribution is 5.80. The van der Waals surface area contributed by atoms with Gasteiger partial charge in [0.05, 0.1) is 12.0 Å². The van der Waals surface area contributed by atoms with Crippen molar-refractivity contribution < 1.29 is 9.53 Å². The molecule has 2 fully saturated rings. The minimum Gasteiger partial charge on any atom is -0.466 e. The Morgan fingerprint density at radius 1 is 1.58 bits per heavy atom. The smallest absolute Gasteiger partial charge is 0.312 e. The number of hydrogen-bond donors (Lipinski definition) is 0. The summed E-state index contributed by atoms with van der Waals surface area (Å²) in [6.07, 6.45) is 5.96. The summed E-state index contributed by atoms with van der Waals surface area (Å²) in [4.78, 5) is 11.5. The average molecular weight is 168 g/mol. The Kier molecular flexibility index (Phi) is 1.85. The van der Waals surface area contributed by atoms with Crippen molar-refractivity contribution in [1.82, 2.24) is 0 Å². The van der Waals surface area contributed by atoms with E-state index in [-0.39, 0.29) is 11.4 Å². The van der Waals surface area contributed by atoms with Crippen LogP contribution < -0.4 is 0 Å². The molecule has 2 atom stereocenters. The maximum absolute atomic E-state index is 11.5.